The number of carbonyl (C=O) groups is 1. The summed E-state index contributed by atoms with van der Waals surface area (Å²) in [5.74, 6) is -0.136. The molecule has 1 aliphatic rings. The van der Waals surface area contributed by atoms with E-state index in [1.54, 1.807) is 6.92 Å². The molecule has 1 saturated carbocycles. The molecule has 1 fully saturated rings. The second-order valence-corrected chi connectivity index (χ2v) is 6.14. The van der Waals surface area contributed by atoms with Crippen LogP contribution in [0.1, 0.15) is 44.6 Å². The summed E-state index contributed by atoms with van der Waals surface area (Å²) in [5.41, 5.74) is 7.66. The minimum absolute atomic E-state index is 0.136. The summed E-state index contributed by atoms with van der Waals surface area (Å²) in [6.45, 7) is 2.56. The van der Waals surface area contributed by atoms with Crippen LogP contribution in [0.5, 0.6) is 0 Å². The summed E-state index contributed by atoms with van der Waals surface area (Å²) in [6, 6.07) is 8.16. The molecular weight excluding hydrogens is 262 g/mol. The highest BCUT2D eigenvalue weighted by Crippen LogP contribution is 2.24. The topological polar surface area (TPSA) is 58.4 Å². The van der Waals surface area contributed by atoms with E-state index in [9.17, 15) is 4.79 Å². The molecule has 0 saturated heterocycles. The van der Waals surface area contributed by atoms with Gasteiger partial charge in [-0.15, -0.1) is 0 Å². The van der Waals surface area contributed by atoms with Crippen molar-refractivity contribution in [1.29, 1.82) is 0 Å². The highest BCUT2D eigenvalue weighted by atomic mass is 16.2. The van der Waals surface area contributed by atoms with Gasteiger partial charge >= 0.3 is 0 Å². The van der Waals surface area contributed by atoms with E-state index in [1.807, 2.05) is 18.2 Å². The zero-order valence-electron chi connectivity index (χ0n) is 13.1. The highest BCUT2D eigenvalue weighted by Gasteiger charge is 2.19. The van der Waals surface area contributed by atoms with E-state index in [4.69, 9.17) is 5.73 Å². The van der Waals surface area contributed by atoms with Crippen LogP contribution in [0, 0.1) is 0 Å². The minimum Gasteiger partial charge on any atom is -0.324 e. The molecule has 21 heavy (non-hydrogen) atoms. The van der Waals surface area contributed by atoms with Crippen LogP contribution in [0.25, 0.3) is 0 Å². The van der Waals surface area contributed by atoms with Gasteiger partial charge in [0.1, 0.15) is 0 Å². The lowest BCUT2D eigenvalue weighted by atomic mass is 9.94. The monoisotopic (exact) mass is 289 g/mol. The van der Waals surface area contributed by atoms with Crippen LogP contribution in [-0.2, 0) is 11.3 Å². The number of carbonyl (C=O) groups excluding carboxylic acids is 1. The molecular formula is C17H27N3O. The molecule has 1 amide bonds. The van der Waals surface area contributed by atoms with Crippen LogP contribution in [0.2, 0.25) is 0 Å². The van der Waals surface area contributed by atoms with Gasteiger partial charge in [-0.3, -0.25) is 9.69 Å². The molecule has 1 aromatic rings. The van der Waals surface area contributed by atoms with Crippen LogP contribution >= 0.6 is 0 Å². The Morgan fingerprint density at radius 1 is 1.33 bits per heavy atom. The van der Waals surface area contributed by atoms with Crippen LogP contribution < -0.4 is 11.1 Å². The van der Waals surface area contributed by atoms with Crippen LogP contribution in [0.15, 0.2) is 24.3 Å². The smallest absolute Gasteiger partial charge is 0.241 e. The highest BCUT2D eigenvalue weighted by molar-refractivity contribution is 5.95. The van der Waals surface area contributed by atoms with Crippen molar-refractivity contribution in [3.63, 3.8) is 0 Å². The molecule has 4 nitrogen and oxygen atoms in total. The summed E-state index contributed by atoms with van der Waals surface area (Å²) in [4.78, 5) is 14.2. The summed E-state index contributed by atoms with van der Waals surface area (Å²) in [5, 5.41) is 2.93. The third kappa shape index (κ3) is 4.55. The number of hydrogen-bond donors (Lipinski definition) is 2. The van der Waals surface area contributed by atoms with Gasteiger partial charge in [0.05, 0.1) is 6.04 Å². The lowest BCUT2D eigenvalue weighted by Gasteiger charge is -2.31. The van der Waals surface area contributed by atoms with Crippen LogP contribution in [0.3, 0.4) is 0 Å². The lowest BCUT2D eigenvalue weighted by molar-refractivity contribution is -0.117. The first-order valence-corrected chi connectivity index (χ1v) is 7.92. The SMILES string of the molecule is CC(N)C(=O)Nc1ccccc1CN(C)C1CCCCC1. The van der Waals surface area contributed by atoms with Gasteiger partial charge in [0, 0.05) is 18.3 Å². The maximum Gasteiger partial charge on any atom is 0.241 e. The van der Waals surface area contributed by atoms with E-state index in [1.165, 1.54) is 32.1 Å². The Hall–Kier alpha value is -1.39. The zero-order chi connectivity index (χ0) is 15.2. The molecule has 1 aromatic carbocycles. The van der Waals surface area contributed by atoms with E-state index < -0.39 is 6.04 Å². The Bertz CT molecular complexity index is 467. The van der Waals surface area contributed by atoms with Gasteiger partial charge in [-0.2, -0.15) is 0 Å². The van der Waals surface area contributed by atoms with E-state index in [2.05, 4.69) is 23.3 Å². The number of rotatable bonds is 5. The quantitative estimate of drug-likeness (QED) is 0.876. The molecule has 1 atom stereocenters. The van der Waals surface area contributed by atoms with Crippen molar-refractivity contribution >= 4 is 11.6 Å². The van der Waals surface area contributed by atoms with Crippen molar-refractivity contribution in [3.8, 4) is 0 Å². The third-order valence-corrected chi connectivity index (χ3v) is 4.31. The summed E-state index contributed by atoms with van der Waals surface area (Å²) in [6.07, 6.45) is 6.59. The normalized spacial score (nSPS) is 17.7. The minimum atomic E-state index is -0.492. The van der Waals surface area contributed by atoms with Crippen molar-refractivity contribution < 1.29 is 4.79 Å². The lowest BCUT2D eigenvalue weighted by Crippen LogP contribution is -2.34. The van der Waals surface area contributed by atoms with Crippen molar-refractivity contribution in [2.45, 2.75) is 57.7 Å². The summed E-state index contributed by atoms with van der Waals surface area (Å²) < 4.78 is 0. The largest absolute Gasteiger partial charge is 0.324 e. The Balaban J connectivity index is 2.03. The Morgan fingerprint density at radius 2 is 2.00 bits per heavy atom. The van der Waals surface area contributed by atoms with E-state index >= 15 is 0 Å². The fourth-order valence-corrected chi connectivity index (χ4v) is 2.95. The molecule has 2 rings (SSSR count). The first-order chi connectivity index (χ1) is 10.1. The molecule has 1 unspecified atom stereocenters. The number of para-hydroxylation sites is 1. The zero-order valence-corrected chi connectivity index (χ0v) is 13.1. The van der Waals surface area contributed by atoms with Gasteiger partial charge < -0.3 is 11.1 Å². The Morgan fingerprint density at radius 3 is 2.67 bits per heavy atom. The molecule has 0 aromatic heterocycles. The number of amides is 1. The second kappa shape index (κ2) is 7.57. The van der Waals surface area contributed by atoms with Gasteiger partial charge in [-0.25, -0.2) is 0 Å². The number of nitrogens with zero attached hydrogens (tertiary/aromatic N) is 1. The third-order valence-electron chi connectivity index (χ3n) is 4.31. The van der Waals surface area contributed by atoms with E-state index in [0.29, 0.717) is 6.04 Å². The van der Waals surface area contributed by atoms with Gasteiger partial charge in [0.15, 0.2) is 0 Å². The molecule has 0 bridgehead atoms. The maximum atomic E-state index is 11.8. The Labute approximate surface area is 127 Å². The van der Waals surface area contributed by atoms with Crippen molar-refractivity contribution in [2.75, 3.05) is 12.4 Å². The average molecular weight is 289 g/mol. The summed E-state index contributed by atoms with van der Waals surface area (Å²) in [7, 11) is 2.18. The van der Waals surface area contributed by atoms with Gasteiger partial charge in [-0.1, -0.05) is 37.5 Å². The van der Waals surface area contributed by atoms with Gasteiger partial charge in [-0.05, 0) is 38.4 Å². The van der Waals surface area contributed by atoms with Crippen LogP contribution in [-0.4, -0.2) is 29.9 Å². The predicted molar refractivity (Wildman–Crippen MR) is 87.1 cm³/mol. The number of nitrogens with two attached hydrogens (primary N) is 1. The Kier molecular flexibility index (Phi) is 5.76. The van der Waals surface area contributed by atoms with Crippen molar-refractivity contribution in [1.82, 2.24) is 4.90 Å². The number of benzene rings is 1. The fraction of sp³-hybridized carbons (Fsp3) is 0.588. The molecule has 116 valence electrons. The first kappa shape index (κ1) is 16.0. The number of anilines is 1. The predicted octanol–water partition coefficient (Wildman–Crippen LogP) is 2.74. The fourth-order valence-electron chi connectivity index (χ4n) is 2.95. The van der Waals surface area contributed by atoms with E-state index in [0.717, 1.165) is 17.8 Å². The average Bonchev–Trinajstić information content (AvgIpc) is 2.50. The standard InChI is InChI=1S/C17H27N3O/c1-13(18)17(21)19-16-11-7-6-8-14(16)12-20(2)15-9-4-3-5-10-15/h6-8,11,13,15H,3-5,9-10,12,18H2,1-2H3,(H,19,21). The maximum absolute atomic E-state index is 11.8. The number of hydrogen-bond acceptors (Lipinski definition) is 3. The number of nitrogens with one attached hydrogen (secondary N) is 1. The molecule has 4 heteroatoms. The second-order valence-electron chi connectivity index (χ2n) is 6.14. The summed E-state index contributed by atoms with van der Waals surface area (Å²) >= 11 is 0. The molecule has 0 aliphatic heterocycles. The first-order valence-electron chi connectivity index (χ1n) is 7.92. The molecule has 0 spiro atoms. The molecule has 0 radical (unpaired) electrons. The molecule has 1 aliphatic carbocycles. The van der Waals surface area contributed by atoms with Gasteiger partial charge in [0.2, 0.25) is 5.91 Å². The van der Waals surface area contributed by atoms with Crippen molar-refractivity contribution in [3.05, 3.63) is 29.8 Å². The molecule has 0 heterocycles. The van der Waals surface area contributed by atoms with Gasteiger partial charge in [0.25, 0.3) is 0 Å². The van der Waals surface area contributed by atoms with Crippen molar-refractivity contribution in [2.24, 2.45) is 5.73 Å². The molecule has 3 N–H and O–H groups in total. The van der Waals surface area contributed by atoms with E-state index in [-0.39, 0.29) is 5.91 Å². The van der Waals surface area contributed by atoms with Crippen LogP contribution in [0.4, 0.5) is 5.69 Å².